The number of nitrogens with one attached hydrogen (secondary N) is 1. The molecule has 1 aromatic rings. The topological polar surface area (TPSA) is 49.3 Å². The Labute approximate surface area is 115 Å². The van der Waals surface area contributed by atoms with Gasteiger partial charge in [-0.25, -0.2) is 0 Å². The van der Waals surface area contributed by atoms with Crippen molar-refractivity contribution in [3.8, 4) is 0 Å². The molecule has 1 rings (SSSR count). The molecule has 0 bridgehead atoms. The molecule has 0 radical (unpaired) electrons. The molecule has 17 heavy (non-hydrogen) atoms. The van der Waals surface area contributed by atoms with Crippen LogP contribution in [0, 0.1) is 0 Å². The van der Waals surface area contributed by atoms with Crippen molar-refractivity contribution in [3.05, 3.63) is 20.3 Å². The van der Waals surface area contributed by atoms with E-state index in [2.05, 4.69) is 5.32 Å². The largest absolute Gasteiger partial charge is 0.480 e. The molecule has 1 heterocycles. The maximum absolute atomic E-state index is 11.0. The normalized spacial score (nSPS) is 12.6. The highest BCUT2D eigenvalue weighted by atomic mass is 35.5. The van der Waals surface area contributed by atoms with E-state index in [1.165, 1.54) is 11.3 Å². The van der Waals surface area contributed by atoms with Gasteiger partial charge in [-0.2, -0.15) is 0 Å². The van der Waals surface area contributed by atoms with Crippen LogP contribution in [0.15, 0.2) is 5.38 Å². The molecule has 0 saturated carbocycles. The summed E-state index contributed by atoms with van der Waals surface area (Å²) in [4.78, 5) is 11.0. The van der Waals surface area contributed by atoms with Crippen molar-refractivity contribution in [2.24, 2.45) is 0 Å². The molecule has 0 fully saturated rings. The monoisotopic (exact) mass is 295 g/mol. The van der Waals surface area contributed by atoms with Gasteiger partial charge in [-0.1, -0.05) is 43.0 Å². The maximum atomic E-state index is 11.0. The quantitative estimate of drug-likeness (QED) is 0.805. The second kappa shape index (κ2) is 7.21. The number of halogens is 2. The number of thiophene rings is 1. The van der Waals surface area contributed by atoms with E-state index in [-0.39, 0.29) is 0 Å². The number of aliphatic carboxylic acids is 1. The third-order valence-corrected chi connectivity index (χ3v) is 4.35. The summed E-state index contributed by atoms with van der Waals surface area (Å²) in [5.41, 5.74) is 0.851. The lowest BCUT2D eigenvalue weighted by atomic mass is 10.1. The van der Waals surface area contributed by atoms with Crippen LogP contribution in [0.5, 0.6) is 0 Å². The highest BCUT2D eigenvalue weighted by Gasteiger charge is 2.17. The van der Waals surface area contributed by atoms with Gasteiger partial charge in [-0.05, 0) is 17.4 Å². The van der Waals surface area contributed by atoms with Crippen LogP contribution < -0.4 is 5.32 Å². The summed E-state index contributed by atoms with van der Waals surface area (Å²) in [7, 11) is 0. The van der Waals surface area contributed by atoms with Crippen molar-refractivity contribution in [2.45, 2.75) is 38.8 Å². The Bertz CT molecular complexity index is 382. The Balaban J connectivity index is 2.51. The molecule has 96 valence electrons. The van der Waals surface area contributed by atoms with Gasteiger partial charge in [-0.3, -0.25) is 4.79 Å². The fourth-order valence-corrected chi connectivity index (χ4v) is 2.68. The Hall–Kier alpha value is -0.290. The van der Waals surface area contributed by atoms with E-state index in [1.807, 2.05) is 12.3 Å². The molecule has 0 aliphatic heterocycles. The molecule has 0 aromatic carbocycles. The molecule has 0 spiro atoms. The number of hydrogen-bond acceptors (Lipinski definition) is 3. The van der Waals surface area contributed by atoms with Crippen LogP contribution in [0.1, 0.15) is 31.7 Å². The van der Waals surface area contributed by atoms with Crippen LogP contribution in [0.3, 0.4) is 0 Å². The first kappa shape index (κ1) is 14.8. The van der Waals surface area contributed by atoms with Gasteiger partial charge in [0.05, 0.1) is 5.02 Å². The number of rotatable bonds is 7. The van der Waals surface area contributed by atoms with Crippen LogP contribution in [-0.4, -0.2) is 17.1 Å². The van der Waals surface area contributed by atoms with E-state index in [0.717, 1.165) is 18.4 Å². The first-order valence-electron chi connectivity index (χ1n) is 5.43. The fourth-order valence-electron chi connectivity index (χ4n) is 1.43. The number of carbonyl (C=O) groups is 1. The summed E-state index contributed by atoms with van der Waals surface area (Å²) < 4.78 is 0.545. The van der Waals surface area contributed by atoms with Gasteiger partial charge in [0, 0.05) is 6.54 Å². The number of unbranched alkanes of at least 4 members (excludes halogenated alkanes) is 1. The van der Waals surface area contributed by atoms with Crippen LogP contribution in [0.4, 0.5) is 0 Å². The van der Waals surface area contributed by atoms with Gasteiger partial charge >= 0.3 is 5.97 Å². The lowest BCUT2D eigenvalue weighted by Crippen LogP contribution is -2.36. The van der Waals surface area contributed by atoms with Crippen molar-refractivity contribution >= 4 is 40.5 Å². The van der Waals surface area contributed by atoms with Crippen molar-refractivity contribution < 1.29 is 9.90 Å². The highest BCUT2D eigenvalue weighted by molar-refractivity contribution is 7.15. The average Bonchev–Trinajstić information content (AvgIpc) is 2.60. The van der Waals surface area contributed by atoms with E-state index in [4.69, 9.17) is 28.3 Å². The van der Waals surface area contributed by atoms with E-state index in [1.54, 1.807) is 0 Å². The second-order valence-electron chi connectivity index (χ2n) is 3.76. The zero-order valence-electron chi connectivity index (χ0n) is 9.50. The van der Waals surface area contributed by atoms with Gasteiger partial charge in [-0.15, -0.1) is 11.3 Å². The zero-order valence-corrected chi connectivity index (χ0v) is 11.8. The number of carboxylic acid groups (broad SMARTS) is 1. The molecule has 6 heteroatoms. The average molecular weight is 296 g/mol. The van der Waals surface area contributed by atoms with Gasteiger partial charge < -0.3 is 10.4 Å². The van der Waals surface area contributed by atoms with Crippen LogP contribution in [0.25, 0.3) is 0 Å². The predicted molar refractivity (Wildman–Crippen MR) is 72.1 cm³/mol. The number of carboxylic acids is 1. The van der Waals surface area contributed by atoms with Crippen LogP contribution in [-0.2, 0) is 11.3 Å². The Morgan fingerprint density at radius 3 is 2.76 bits per heavy atom. The van der Waals surface area contributed by atoms with Crippen molar-refractivity contribution in [3.63, 3.8) is 0 Å². The van der Waals surface area contributed by atoms with Gasteiger partial charge in [0.25, 0.3) is 0 Å². The molecule has 1 atom stereocenters. The van der Waals surface area contributed by atoms with Gasteiger partial charge in [0.15, 0.2) is 0 Å². The molecule has 0 saturated heterocycles. The minimum absolute atomic E-state index is 0.433. The first-order valence-corrected chi connectivity index (χ1v) is 7.07. The Morgan fingerprint density at radius 1 is 1.59 bits per heavy atom. The summed E-state index contributed by atoms with van der Waals surface area (Å²) in [5.74, 6) is -0.823. The van der Waals surface area contributed by atoms with E-state index >= 15 is 0 Å². The molecule has 1 aromatic heterocycles. The SMILES string of the molecule is CCCCC(NCc1csc(Cl)c1Cl)C(=O)O. The summed E-state index contributed by atoms with van der Waals surface area (Å²) in [6, 6.07) is -0.523. The van der Waals surface area contributed by atoms with E-state index < -0.39 is 12.0 Å². The summed E-state index contributed by atoms with van der Waals surface area (Å²) >= 11 is 13.2. The molecule has 3 nitrogen and oxygen atoms in total. The predicted octanol–water partition coefficient (Wildman–Crippen LogP) is 3.79. The molecule has 0 amide bonds. The molecule has 0 aliphatic carbocycles. The Morgan fingerprint density at radius 2 is 2.29 bits per heavy atom. The van der Waals surface area contributed by atoms with Crippen LogP contribution >= 0.6 is 34.5 Å². The zero-order chi connectivity index (χ0) is 12.8. The fraction of sp³-hybridized carbons (Fsp3) is 0.545. The maximum Gasteiger partial charge on any atom is 0.320 e. The van der Waals surface area contributed by atoms with Crippen molar-refractivity contribution in [1.29, 1.82) is 0 Å². The van der Waals surface area contributed by atoms with Gasteiger partial charge in [0.2, 0.25) is 0 Å². The third kappa shape index (κ3) is 4.47. The summed E-state index contributed by atoms with van der Waals surface area (Å²) in [5, 5.41) is 14.4. The molecule has 0 aliphatic rings. The van der Waals surface area contributed by atoms with Crippen LogP contribution in [0.2, 0.25) is 9.36 Å². The molecular formula is C11H15Cl2NO2S. The van der Waals surface area contributed by atoms with E-state index in [9.17, 15) is 4.79 Å². The van der Waals surface area contributed by atoms with Crippen molar-refractivity contribution in [2.75, 3.05) is 0 Å². The van der Waals surface area contributed by atoms with Crippen molar-refractivity contribution in [1.82, 2.24) is 5.32 Å². The summed E-state index contributed by atoms with van der Waals surface area (Å²) in [6.07, 6.45) is 2.50. The smallest absolute Gasteiger partial charge is 0.320 e. The lowest BCUT2D eigenvalue weighted by molar-refractivity contribution is -0.139. The molecular weight excluding hydrogens is 281 g/mol. The molecule has 2 N–H and O–H groups in total. The minimum atomic E-state index is -0.823. The lowest BCUT2D eigenvalue weighted by Gasteiger charge is -2.13. The minimum Gasteiger partial charge on any atom is -0.480 e. The standard InChI is InChI=1S/C11H15Cl2NO2S/c1-2-3-4-8(11(15)16)14-5-7-6-17-10(13)9(7)12/h6,8,14H,2-5H2,1H3,(H,15,16). The third-order valence-electron chi connectivity index (χ3n) is 2.44. The first-order chi connectivity index (χ1) is 8.06. The Kier molecular flexibility index (Phi) is 6.27. The summed E-state index contributed by atoms with van der Waals surface area (Å²) in [6.45, 7) is 2.47. The highest BCUT2D eigenvalue weighted by Crippen LogP contribution is 2.32. The number of hydrogen-bond donors (Lipinski definition) is 2. The second-order valence-corrected chi connectivity index (χ2v) is 5.62. The van der Waals surface area contributed by atoms with Gasteiger partial charge in [0.1, 0.15) is 10.4 Å². The molecule has 1 unspecified atom stereocenters. The van der Waals surface area contributed by atoms with E-state index in [0.29, 0.717) is 22.3 Å².